The van der Waals surface area contributed by atoms with Crippen LogP contribution in [0.3, 0.4) is 0 Å². The molecule has 1 aliphatic rings. The second-order valence-corrected chi connectivity index (χ2v) is 5.84. The summed E-state index contributed by atoms with van der Waals surface area (Å²) in [4.78, 5) is 2.38. The predicted octanol–water partition coefficient (Wildman–Crippen LogP) is 2.07. The molecular weight excluding hydrogens is 356 g/mol. The first kappa shape index (κ1) is 18.9. The molecule has 2 heterocycles. The molecule has 0 unspecified atom stereocenters. The quantitative estimate of drug-likeness (QED) is 0.866. The van der Waals surface area contributed by atoms with Gasteiger partial charge in [0.1, 0.15) is 5.69 Å². The van der Waals surface area contributed by atoms with Gasteiger partial charge in [-0.05, 0) is 12.1 Å². The molecule has 1 aromatic carbocycles. The number of ether oxygens (including phenoxy) is 1. The summed E-state index contributed by atoms with van der Waals surface area (Å²) >= 11 is 6.02. The monoisotopic (exact) mass is 375 g/mol. The maximum atomic E-state index is 13.9. The Morgan fingerprint density at radius 3 is 2.71 bits per heavy atom. The molecule has 0 atom stereocenters. The number of methoxy groups -OCH3 is 1. The lowest BCUT2D eigenvalue weighted by Gasteiger charge is -2.26. The zero-order chi connectivity index (χ0) is 16.2. The lowest BCUT2D eigenvalue weighted by atomic mass is 10.1. The van der Waals surface area contributed by atoms with E-state index in [2.05, 4.69) is 20.5 Å². The van der Waals surface area contributed by atoms with Crippen LogP contribution in [0.2, 0.25) is 5.02 Å². The molecule has 0 radical (unpaired) electrons. The minimum atomic E-state index is -0.509. The summed E-state index contributed by atoms with van der Waals surface area (Å²) in [6, 6.07) is 2.99. The molecule has 0 saturated carbocycles. The number of aromatic nitrogens is 3. The molecule has 1 aromatic heterocycles. The van der Waals surface area contributed by atoms with Crippen molar-refractivity contribution in [2.75, 3.05) is 39.8 Å². The Morgan fingerprint density at radius 1 is 1.29 bits per heavy atom. The van der Waals surface area contributed by atoms with Gasteiger partial charge in [-0.2, -0.15) is 0 Å². The van der Waals surface area contributed by atoms with Crippen LogP contribution in [0.1, 0.15) is 0 Å². The molecule has 0 bridgehead atoms. The van der Waals surface area contributed by atoms with Gasteiger partial charge < -0.3 is 10.1 Å². The molecule has 9 heteroatoms. The smallest absolute Gasteiger partial charge is 0.173 e. The Balaban J connectivity index is 0.00000208. The summed E-state index contributed by atoms with van der Waals surface area (Å²) in [7, 11) is 1.39. The van der Waals surface area contributed by atoms with Crippen LogP contribution < -0.4 is 10.1 Å². The number of halogens is 3. The highest BCUT2D eigenvalue weighted by molar-refractivity contribution is 6.32. The van der Waals surface area contributed by atoms with Gasteiger partial charge in [-0.3, -0.25) is 9.58 Å². The number of hydrogen-bond acceptors (Lipinski definition) is 5. The summed E-state index contributed by atoms with van der Waals surface area (Å²) < 4.78 is 20.6. The number of hydrogen-bond donors (Lipinski definition) is 1. The van der Waals surface area contributed by atoms with E-state index in [1.165, 1.54) is 13.2 Å². The van der Waals surface area contributed by atoms with E-state index in [9.17, 15) is 4.39 Å². The predicted molar refractivity (Wildman–Crippen MR) is 93.5 cm³/mol. The number of benzene rings is 1. The molecule has 6 nitrogen and oxygen atoms in total. The second-order valence-electron chi connectivity index (χ2n) is 5.43. The standard InChI is InChI=1S/C15H19ClFN5O.ClH/c1-23-15-12(16)8-11(9-13(15)17)14-10-22(20-19-14)7-6-21-4-2-18-3-5-21;/h8-10,18H,2-7H2,1H3;1H. The highest BCUT2D eigenvalue weighted by Crippen LogP contribution is 2.32. The van der Waals surface area contributed by atoms with Gasteiger partial charge in [0.15, 0.2) is 11.6 Å². The normalized spacial score (nSPS) is 15.1. The fraction of sp³-hybridized carbons (Fsp3) is 0.467. The van der Waals surface area contributed by atoms with Crippen LogP contribution in [-0.2, 0) is 6.54 Å². The largest absolute Gasteiger partial charge is 0.492 e. The molecule has 1 fully saturated rings. The third kappa shape index (κ3) is 4.36. The SMILES string of the molecule is COc1c(F)cc(-c2cn(CCN3CCNCC3)nn2)cc1Cl.Cl. The lowest BCUT2D eigenvalue weighted by Crippen LogP contribution is -2.44. The molecule has 3 rings (SSSR count). The molecule has 0 amide bonds. The van der Waals surface area contributed by atoms with Crippen molar-refractivity contribution >= 4 is 24.0 Å². The van der Waals surface area contributed by atoms with Crippen molar-refractivity contribution in [1.29, 1.82) is 0 Å². The van der Waals surface area contributed by atoms with Gasteiger partial charge in [0.2, 0.25) is 0 Å². The van der Waals surface area contributed by atoms with Gasteiger partial charge in [-0.15, -0.1) is 17.5 Å². The minimum Gasteiger partial charge on any atom is -0.492 e. The van der Waals surface area contributed by atoms with Gasteiger partial charge in [0.25, 0.3) is 0 Å². The summed E-state index contributed by atoms with van der Waals surface area (Å²) in [6.07, 6.45) is 1.81. The van der Waals surface area contributed by atoms with Crippen molar-refractivity contribution < 1.29 is 9.13 Å². The van der Waals surface area contributed by atoms with E-state index in [1.54, 1.807) is 16.9 Å². The molecule has 0 spiro atoms. The number of rotatable bonds is 5. The highest BCUT2D eigenvalue weighted by Gasteiger charge is 2.14. The van der Waals surface area contributed by atoms with Crippen LogP contribution in [0.4, 0.5) is 4.39 Å². The average Bonchev–Trinajstić information content (AvgIpc) is 3.02. The van der Waals surface area contributed by atoms with Crippen molar-refractivity contribution in [1.82, 2.24) is 25.2 Å². The fourth-order valence-electron chi connectivity index (χ4n) is 2.62. The van der Waals surface area contributed by atoms with Gasteiger partial charge >= 0.3 is 0 Å². The molecule has 0 aliphatic carbocycles. The number of nitrogens with one attached hydrogen (secondary N) is 1. The van der Waals surface area contributed by atoms with Crippen molar-refractivity contribution in [3.63, 3.8) is 0 Å². The third-order valence-corrected chi connectivity index (χ3v) is 4.17. The van der Waals surface area contributed by atoms with E-state index < -0.39 is 5.82 Å². The van der Waals surface area contributed by atoms with Gasteiger partial charge in [0.05, 0.1) is 24.9 Å². The summed E-state index contributed by atoms with van der Waals surface area (Å²) in [5, 5.41) is 11.8. The molecule has 2 aromatic rings. The Labute approximate surface area is 151 Å². The third-order valence-electron chi connectivity index (χ3n) is 3.89. The van der Waals surface area contributed by atoms with Crippen LogP contribution in [0.25, 0.3) is 11.3 Å². The number of piperazine rings is 1. The Kier molecular flexibility index (Phi) is 6.79. The Bertz CT molecular complexity index is 653. The van der Waals surface area contributed by atoms with Crippen LogP contribution in [0.15, 0.2) is 18.3 Å². The summed E-state index contributed by atoms with van der Waals surface area (Å²) in [6.45, 7) is 5.79. The summed E-state index contributed by atoms with van der Waals surface area (Å²) in [5.74, 6) is -0.466. The molecular formula is C15H20Cl2FN5O. The maximum Gasteiger partial charge on any atom is 0.173 e. The number of nitrogens with zero attached hydrogens (tertiary/aromatic N) is 4. The van der Waals surface area contributed by atoms with E-state index in [-0.39, 0.29) is 23.2 Å². The average molecular weight is 376 g/mol. The minimum absolute atomic E-state index is 0. The van der Waals surface area contributed by atoms with E-state index in [4.69, 9.17) is 16.3 Å². The summed E-state index contributed by atoms with van der Waals surface area (Å²) in [5.41, 5.74) is 1.18. The lowest BCUT2D eigenvalue weighted by molar-refractivity contribution is 0.228. The van der Waals surface area contributed by atoms with Crippen molar-refractivity contribution in [3.8, 4) is 17.0 Å². The van der Waals surface area contributed by atoms with Gasteiger partial charge in [-0.25, -0.2) is 4.39 Å². The van der Waals surface area contributed by atoms with Crippen molar-refractivity contribution in [3.05, 3.63) is 29.2 Å². The van der Waals surface area contributed by atoms with Gasteiger partial charge in [0, 0.05) is 38.3 Å². The van der Waals surface area contributed by atoms with E-state index in [1.807, 2.05) is 0 Å². The molecule has 1 aliphatic heterocycles. The Morgan fingerprint density at radius 2 is 2.04 bits per heavy atom. The molecule has 24 heavy (non-hydrogen) atoms. The van der Waals surface area contributed by atoms with Crippen molar-refractivity contribution in [2.24, 2.45) is 0 Å². The zero-order valence-corrected chi connectivity index (χ0v) is 14.9. The van der Waals surface area contributed by atoms with E-state index >= 15 is 0 Å². The van der Waals surface area contributed by atoms with Gasteiger partial charge in [-0.1, -0.05) is 16.8 Å². The van der Waals surface area contributed by atoms with Crippen LogP contribution >= 0.6 is 24.0 Å². The zero-order valence-electron chi connectivity index (χ0n) is 13.3. The molecule has 132 valence electrons. The van der Waals surface area contributed by atoms with E-state index in [0.717, 1.165) is 39.3 Å². The van der Waals surface area contributed by atoms with Crippen LogP contribution in [0, 0.1) is 5.82 Å². The first-order valence-corrected chi connectivity index (χ1v) is 7.92. The Hall–Kier alpha value is -1.41. The highest BCUT2D eigenvalue weighted by atomic mass is 35.5. The van der Waals surface area contributed by atoms with E-state index in [0.29, 0.717) is 11.3 Å². The first-order valence-electron chi connectivity index (χ1n) is 7.54. The second kappa shape index (κ2) is 8.62. The van der Waals surface area contributed by atoms with Crippen LogP contribution in [-0.4, -0.2) is 59.7 Å². The fourth-order valence-corrected chi connectivity index (χ4v) is 2.91. The molecule has 1 saturated heterocycles. The maximum absolute atomic E-state index is 13.9. The molecule has 1 N–H and O–H groups in total. The van der Waals surface area contributed by atoms with Crippen LogP contribution in [0.5, 0.6) is 5.75 Å². The topological polar surface area (TPSA) is 55.2 Å². The first-order chi connectivity index (χ1) is 11.2. The van der Waals surface area contributed by atoms with Crippen molar-refractivity contribution in [2.45, 2.75) is 6.54 Å².